The molecule has 0 aliphatic carbocycles. The molecule has 2 aromatic carbocycles. The third-order valence-electron chi connectivity index (χ3n) is 4.33. The third kappa shape index (κ3) is 4.30. The largest absolute Gasteiger partial charge is 0.352 e. The van der Waals surface area contributed by atoms with Gasteiger partial charge in [0, 0.05) is 24.6 Å². The maximum absolute atomic E-state index is 14.5. The Balaban J connectivity index is 2.01. The molecule has 0 saturated heterocycles. The van der Waals surface area contributed by atoms with Crippen molar-refractivity contribution in [1.82, 2.24) is 9.55 Å². The molecule has 0 aliphatic heterocycles. The monoisotopic (exact) mass is 442 g/mol. The number of aromatic nitrogens is 2. The van der Waals surface area contributed by atoms with Crippen molar-refractivity contribution in [3.63, 3.8) is 0 Å². The fourth-order valence-electron chi connectivity index (χ4n) is 2.77. The SMILES string of the molecule is Cc1c(Nc2c(F)c(F)cc(NSCCCF)c2Cl)ccc2ncn(C)c(=O)c12. The molecule has 3 rings (SSSR count). The molecule has 2 N–H and O–H groups in total. The number of anilines is 3. The standard InChI is InChI=1S/C19H18ClF3N4OS/c1-10-12(4-5-13-15(10)19(28)27(2)9-24-13)25-18-16(20)14(8-11(22)17(18)23)26-29-7-3-6-21/h4-5,8-9,25-26H,3,6-7H2,1-2H3. The van der Waals surface area contributed by atoms with Crippen LogP contribution in [0.15, 0.2) is 29.3 Å². The summed E-state index contributed by atoms with van der Waals surface area (Å²) >= 11 is 7.42. The van der Waals surface area contributed by atoms with E-state index in [-0.39, 0.29) is 22.0 Å². The van der Waals surface area contributed by atoms with Gasteiger partial charge in [0.1, 0.15) is 0 Å². The zero-order chi connectivity index (χ0) is 21.1. The van der Waals surface area contributed by atoms with Gasteiger partial charge in [-0.15, -0.1) is 0 Å². The number of fused-ring (bicyclic) bond motifs is 1. The number of rotatable bonds is 7. The maximum Gasteiger partial charge on any atom is 0.261 e. The number of alkyl halides is 1. The van der Waals surface area contributed by atoms with Gasteiger partial charge >= 0.3 is 0 Å². The minimum atomic E-state index is -1.15. The molecular weight excluding hydrogens is 425 g/mol. The number of benzene rings is 2. The van der Waals surface area contributed by atoms with Crippen LogP contribution in [0.5, 0.6) is 0 Å². The number of hydrogen-bond donors (Lipinski definition) is 2. The summed E-state index contributed by atoms with van der Waals surface area (Å²) in [5.41, 5.74) is 1.06. The Labute approximate surface area is 174 Å². The van der Waals surface area contributed by atoms with E-state index in [9.17, 15) is 18.0 Å². The first-order valence-electron chi connectivity index (χ1n) is 8.68. The van der Waals surface area contributed by atoms with E-state index in [1.807, 2.05) is 0 Å². The number of nitrogens with zero attached hydrogens (tertiary/aromatic N) is 2. The molecule has 3 aromatic rings. The summed E-state index contributed by atoms with van der Waals surface area (Å²) < 4.78 is 45.0. The Morgan fingerprint density at radius 2 is 2.03 bits per heavy atom. The topological polar surface area (TPSA) is 59.0 Å². The third-order valence-corrected chi connectivity index (χ3v) is 5.57. The van der Waals surface area contributed by atoms with Gasteiger partial charge in [-0.3, -0.25) is 9.18 Å². The number of halogens is 4. The van der Waals surface area contributed by atoms with Crippen molar-refractivity contribution < 1.29 is 13.2 Å². The number of hydrogen-bond acceptors (Lipinski definition) is 5. The van der Waals surface area contributed by atoms with Gasteiger partial charge in [-0.1, -0.05) is 23.5 Å². The van der Waals surface area contributed by atoms with Crippen molar-refractivity contribution in [3.05, 3.63) is 57.1 Å². The molecule has 0 radical (unpaired) electrons. The molecule has 0 saturated carbocycles. The highest BCUT2D eigenvalue weighted by atomic mass is 35.5. The van der Waals surface area contributed by atoms with Gasteiger partial charge in [-0.2, -0.15) is 0 Å². The lowest BCUT2D eigenvalue weighted by Gasteiger charge is -2.16. The van der Waals surface area contributed by atoms with Crippen LogP contribution in [0.3, 0.4) is 0 Å². The fourth-order valence-corrected chi connectivity index (χ4v) is 3.73. The summed E-state index contributed by atoms with van der Waals surface area (Å²) in [5, 5.41) is 3.11. The molecule has 0 unspecified atom stereocenters. The molecule has 0 aliphatic rings. The van der Waals surface area contributed by atoms with Crippen LogP contribution in [0, 0.1) is 18.6 Å². The van der Waals surface area contributed by atoms with Crippen molar-refractivity contribution in [1.29, 1.82) is 0 Å². The molecule has 0 amide bonds. The van der Waals surface area contributed by atoms with Crippen molar-refractivity contribution >= 4 is 51.5 Å². The Hall–Kier alpha value is -2.39. The smallest absolute Gasteiger partial charge is 0.261 e. The quantitative estimate of drug-likeness (QED) is 0.294. The molecule has 1 aromatic heterocycles. The first-order valence-corrected chi connectivity index (χ1v) is 10.0. The van der Waals surface area contributed by atoms with Crippen LogP contribution in [0.4, 0.5) is 30.2 Å². The molecule has 154 valence electrons. The highest BCUT2D eigenvalue weighted by Crippen LogP contribution is 2.38. The van der Waals surface area contributed by atoms with Gasteiger partial charge in [0.2, 0.25) is 0 Å². The highest BCUT2D eigenvalue weighted by molar-refractivity contribution is 8.00. The maximum atomic E-state index is 14.5. The van der Waals surface area contributed by atoms with Crippen LogP contribution < -0.4 is 15.6 Å². The zero-order valence-electron chi connectivity index (χ0n) is 15.7. The number of aryl methyl sites for hydroxylation is 2. The summed E-state index contributed by atoms with van der Waals surface area (Å²) in [6.45, 7) is 1.22. The summed E-state index contributed by atoms with van der Waals surface area (Å²) in [4.78, 5) is 16.7. The van der Waals surface area contributed by atoms with Crippen LogP contribution in [0.2, 0.25) is 5.02 Å². The van der Waals surface area contributed by atoms with E-state index in [1.54, 1.807) is 26.1 Å². The molecule has 10 heteroatoms. The van der Waals surface area contributed by atoms with Gasteiger partial charge in [0.05, 0.1) is 40.3 Å². The van der Waals surface area contributed by atoms with Crippen LogP contribution >= 0.6 is 23.5 Å². The fraction of sp³-hybridized carbons (Fsp3) is 0.263. The van der Waals surface area contributed by atoms with E-state index in [0.717, 1.165) is 18.0 Å². The lowest BCUT2D eigenvalue weighted by Crippen LogP contribution is -2.18. The van der Waals surface area contributed by atoms with Crippen LogP contribution in [0.1, 0.15) is 12.0 Å². The zero-order valence-corrected chi connectivity index (χ0v) is 17.2. The van der Waals surface area contributed by atoms with E-state index in [2.05, 4.69) is 15.0 Å². The molecule has 0 bridgehead atoms. The molecular formula is C19H18ClF3N4OS. The predicted octanol–water partition coefficient (Wildman–Crippen LogP) is 5.34. The van der Waals surface area contributed by atoms with E-state index in [0.29, 0.717) is 34.3 Å². The van der Waals surface area contributed by atoms with Crippen molar-refractivity contribution in [2.45, 2.75) is 13.3 Å². The lowest BCUT2D eigenvalue weighted by atomic mass is 10.1. The van der Waals surface area contributed by atoms with Crippen LogP contribution in [-0.4, -0.2) is 22.0 Å². The van der Waals surface area contributed by atoms with E-state index >= 15 is 0 Å². The Morgan fingerprint density at radius 1 is 1.28 bits per heavy atom. The van der Waals surface area contributed by atoms with Crippen LogP contribution in [-0.2, 0) is 7.05 Å². The first-order chi connectivity index (χ1) is 13.8. The normalized spacial score (nSPS) is 11.1. The van der Waals surface area contributed by atoms with Crippen LogP contribution in [0.25, 0.3) is 10.9 Å². The van der Waals surface area contributed by atoms with Gasteiger partial charge < -0.3 is 14.6 Å². The Bertz CT molecular complexity index is 1120. The highest BCUT2D eigenvalue weighted by Gasteiger charge is 2.19. The molecule has 0 spiro atoms. The van der Waals surface area contributed by atoms with Gasteiger partial charge in [-0.25, -0.2) is 13.8 Å². The molecule has 0 fully saturated rings. The Kier molecular flexibility index (Phi) is 6.59. The minimum Gasteiger partial charge on any atom is -0.352 e. The number of nitrogens with one attached hydrogen (secondary N) is 2. The lowest BCUT2D eigenvalue weighted by molar-refractivity contribution is 0.489. The summed E-state index contributed by atoms with van der Waals surface area (Å²) in [6.07, 6.45) is 1.74. The summed E-state index contributed by atoms with van der Waals surface area (Å²) in [6, 6.07) is 4.18. The molecule has 0 atom stereocenters. The van der Waals surface area contributed by atoms with Crippen molar-refractivity contribution in [2.75, 3.05) is 22.5 Å². The van der Waals surface area contributed by atoms with Gasteiger partial charge in [0.15, 0.2) is 11.6 Å². The molecule has 29 heavy (non-hydrogen) atoms. The summed E-state index contributed by atoms with van der Waals surface area (Å²) in [5.74, 6) is -1.80. The van der Waals surface area contributed by atoms with E-state index in [4.69, 9.17) is 11.6 Å². The average Bonchev–Trinajstić information content (AvgIpc) is 2.70. The molecule has 5 nitrogen and oxygen atoms in total. The second-order valence-corrected chi connectivity index (χ2v) is 7.60. The van der Waals surface area contributed by atoms with Gasteiger partial charge in [-0.05, 0) is 31.0 Å². The summed E-state index contributed by atoms with van der Waals surface area (Å²) in [7, 11) is 1.58. The molecule has 1 heterocycles. The predicted molar refractivity (Wildman–Crippen MR) is 113 cm³/mol. The average molecular weight is 443 g/mol. The second kappa shape index (κ2) is 8.96. The van der Waals surface area contributed by atoms with E-state index < -0.39 is 18.3 Å². The van der Waals surface area contributed by atoms with Gasteiger partial charge in [0.25, 0.3) is 5.56 Å². The van der Waals surface area contributed by atoms with Crippen molar-refractivity contribution in [2.24, 2.45) is 7.05 Å². The Morgan fingerprint density at radius 3 is 2.76 bits per heavy atom. The van der Waals surface area contributed by atoms with E-state index in [1.165, 1.54) is 10.9 Å². The second-order valence-electron chi connectivity index (χ2n) is 6.32. The first kappa shape index (κ1) is 21.3. The minimum absolute atomic E-state index is 0.0600. The van der Waals surface area contributed by atoms with Crippen molar-refractivity contribution in [3.8, 4) is 0 Å².